The molecule has 0 bridgehead atoms. The third-order valence-electron chi connectivity index (χ3n) is 11.8. The number of benzene rings is 9. The standard InChI is InChI=1S/C52H41NS.C7H8.C2H6/c1-36-16-15-24-49(51(36)46-23-13-14-25-50(46)54-43-21-11-6-12-22-43)53(41-29-26-39(27-30-41)37-17-7-4-8-18-37)42-31-33-45-44-32-28-40(38-19-9-5-10-20-38)34-47(44)52(2,3)48(45)35-42;1-7-5-3-2-4-6-7;1-2/h4-35H,1-3H3;2-6H,1H3;1-2H3. The molecule has 0 aromatic heterocycles. The average molecular weight is 834 g/mol. The van der Waals surface area contributed by atoms with Crippen molar-refractivity contribution in [2.24, 2.45) is 0 Å². The molecule has 0 amide bonds. The second-order valence-corrected chi connectivity index (χ2v) is 17.4. The van der Waals surface area contributed by atoms with E-state index in [1.165, 1.54) is 76.6 Å². The van der Waals surface area contributed by atoms with E-state index in [1.54, 1.807) is 0 Å². The van der Waals surface area contributed by atoms with Crippen molar-refractivity contribution in [2.75, 3.05) is 4.90 Å². The summed E-state index contributed by atoms with van der Waals surface area (Å²) in [6.45, 7) is 13.1. The van der Waals surface area contributed by atoms with Gasteiger partial charge in [0.15, 0.2) is 0 Å². The molecular weight excluding hydrogens is 779 g/mol. The number of hydrogen-bond donors (Lipinski definition) is 0. The molecule has 1 nitrogen and oxygen atoms in total. The summed E-state index contributed by atoms with van der Waals surface area (Å²) in [5.74, 6) is 0. The van der Waals surface area contributed by atoms with Crippen LogP contribution >= 0.6 is 11.8 Å². The van der Waals surface area contributed by atoms with Gasteiger partial charge >= 0.3 is 0 Å². The van der Waals surface area contributed by atoms with Gasteiger partial charge in [-0.25, -0.2) is 0 Å². The van der Waals surface area contributed by atoms with E-state index in [-0.39, 0.29) is 5.41 Å². The summed E-state index contributed by atoms with van der Waals surface area (Å²) in [4.78, 5) is 4.93. The minimum atomic E-state index is -0.178. The van der Waals surface area contributed by atoms with Crippen molar-refractivity contribution in [3.8, 4) is 44.5 Å². The van der Waals surface area contributed by atoms with Crippen LogP contribution in [0.1, 0.15) is 49.9 Å². The fraction of sp³-hybridized carbons (Fsp3) is 0.115. The Labute approximate surface area is 379 Å². The van der Waals surface area contributed by atoms with Crippen molar-refractivity contribution in [3.63, 3.8) is 0 Å². The Morgan fingerprint density at radius 2 is 0.889 bits per heavy atom. The average Bonchev–Trinajstić information content (AvgIpc) is 3.56. The molecule has 0 N–H and O–H groups in total. The van der Waals surface area contributed by atoms with Gasteiger partial charge in [-0.05, 0) is 124 Å². The van der Waals surface area contributed by atoms with Crippen LogP contribution < -0.4 is 4.90 Å². The van der Waals surface area contributed by atoms with Crippen LogP contribution in [0.2, 0.25) is 0 Å². The summed E-state index contributed by atoms with van der Waals surface area (Å²) in [5.41, 5.74) is 18.5. The van der Waals surface area contributed by atoms with E-state index in [9.17, 15) is 0 Å². The lowest BCUT2D eigenvalue weighted by atomic mass is 9.81. The van der Waals surface area contributed by atoms with Crippen LogP contribution in [0.15, 0.2) is 234 Å². The Balaban J connectivity index is 0.000000547. The number of nitrogens with zero attached hydrogens (tertiary/aromatic N) is 1. The molecular formula is C61H55NS. The summed E-state index contributed by atoms with van der Waals surface area (Å²) in [5, 5.41) is 0. The Hall–Kier alpha value is -6.87. The highest BCUT2D eigenvalue weighted by molar-refractivity contribution is 7.99. The van der Waals surface area contributed by atoms with E-state index in [0.29, 0.717) is 0 Å². The molecule has 63 heavy (non-hydrogen) atoms. The van der Waals surface area contributed by atoms with Crippen LogP contribution in [0.25, 0.3) is 44.5 Å². The van der Waals surface area contributed by atoms with Gasteiger partial charge in [-0.3, -0.25) is 0 Å². The van der Waals surface area contributed by atoms with E-state index in [4.69, 9.17) is 0 Å². The normalized spacial score (nSPS) is 11.8. The van der Waals surface area contributed by atoms with Crippen LogP contribution in [0.3, 0.4) is 0 Å². The Bertz CT molecular complexity index is 2900. The first kappa shape index (κ1) is 42.8. The number of aryl methyl sites for hydroxylation is 2. The number of rotatable bonds is 8. The smallest absolute Gasteiger partial charge is 0.0543 e. The Morgan fingerprint density at radius 1 is 0.397 bits per heavy atom. The molecule has 0 aliphatic heterocycles. The summed E-state index contributed by atoms with van der Waals surface area (Å²) >= 11 is 1.82. The predicted molar refractivity (Wildman–Crippen MR) is 273 cm³/mol. The fourth-order valence-corrected chi connectivity index (χ4v) is 9.61. The topological polar surface area (TPSA) is 3.24 Å². The van der Waals surface area contributed by atoms with Crippen LogP contribution in [0.4, 0.5) is 17.1 Å². The van der Waals surface area contributed by atoms with Crippen LogP contribution in [-0.2, 0) is 5.41 Å². The third-order valence-corrected chi connectivity index (χ3v) is 12.9. The highest BCUT2D eigenvalue weighted by Crippen LogP contribution is 2.53. The molecule has 0 saturated heterocycles. The SMILES string of the molecule is CC.Cc1cccc(N(c2ccc(-c3ccccc3)cc2)c2ccc3c(c2)C(C)(C)c2cc(-c4ccccc4)ccc2-3)c1-c1ccccc1Sc1ccccc1.Cc1ccccc1. The zero-order chi connectivity index (χ0) is 43.8. The zero-order valence-corrected chi connectivity index (χ0v) is 38.0. The molecule has 2 heteroatoms. The van der Waals surface area contributed by atoms with E-state index in [2.05, 4.69) is 239 Å². The Kier molecular flexibility index (Phi) is 13.2. The summed E-state index contributed by atoms with van der Waals surface area (Å²) in [6, 6.07) is 81.0. The van der Waals surface area contributed by atoms with Gasteiger partial charge in [0.25, 0.3) is 0 Å². The predicted octanol–water partition coefficient (Wildman–Crippen LogP) is 17.9. The van der Waals surface area contributed by atoms with Crippen molar-refractivity contribution < 1.29 is 0 Å². The molecule has 0 spiro atoms. The van der Waals surface area contributed by atoms with Gasteiger partial charge < -0.3 is 4.90 Å². The summed E-state index contributed by atoms with van der Waals surface area (Å²) in [6.07, 6.45) is 0. The van der Waals surface area contributed by atoms with Crippen molar-refractivity contribution in [3.05, 3.63) is 247 Å². The molecule has 0 radical (unpaired) electrons. The number of hydrogen-bond acceptors (Lipinski definition) is 2. The van der Waals surface area contributed by atoms with Gasteiger partial charge in [-0.15, -0.1) is 0 Å². The quantitative estimate of drug-likeness (QED) is 0.150. The van der Waals surface area contributed by atoms with Crippen LogP contribution in [0.5, 0.6) is 0 Å². The third kappa shape index (κ3) is 9.19. The largest absolute Gasteiger partial charge is 0.310 e. The van der Waals surface area contributed by atoms with Gasteiger partial charge in [-0.1, -0.05) is 215 Å². The first-order valence-corrected chi connectivity index (χ1v) is 22.9. The molecule has 0 heterocycles. The molecule has 0 atom stereocenters. The monoisotopic (exact) mass is 833 g/mol. The van der Waals surface area contributed by atoms with Crippen LogP contribution in [-0.4, -0.2) is 0 Å². The van der Waals surface area contributed by atoms with Gasteiger partial charge in [0.1, 0.15) is 0 Å². The van der Waals surface area contributed by atoms with Gasteiger partial charge in [0.2, 0.25) is 0 Å². The van der Waals surface area contributed by atoms with Gasteiger partial charge in [0.05, 0.1) is 5.69 Å². The van der Waals surface area contributed by atoms with Crippen molar-refractivity contribution >= 4 is 28.8 Å². The minimum absolute atomic E-state index is 0.178. The van der Waals surface area contributed by atoms with Crippen LogP contribution in [0, 0.1) is 13.8 Å². The maximum atomic E-state index is 2.47. The van der Waals surface area contributed by atoms with Gasteiger partial charge in [0, 0.05) is 32.1 Å². The molecule has 310 valence electrons. The first-order chi connectivity index (χ1) is 30.8. The van der Waals surface area contributed by atoms with E-state index >= 15 is 0 Å². The molecule has 0 fully saturated rings. The first-order valence-electron chi connectivity index (χ1n) is 22.1. The van der Waals surface area contributed by atoms with Gasteiger partial charge in [-0.2, -0.15) is 0 Å². The zero-order valence-electron chi connectivity index (χ0n) is 37.2. The van der Waals surface area contributed by atoms with Crippen molar-refractivity contribution in [1.82, 2.24) is 0 Å². The summed E-state index contributed by atoms with van der Waals surface area (Å²) in [7, 11) is 0. The second-order valence-electron chi connectivity index (χ2n) is 16.3. The van der Waals surface area contributed by atoms with E-state index in [1.807, 2.05) is 43.8 Å². The highest BCUT2D eigenvalue weighted by atomic mass is 32.2. The summed E-state index contributed by atoms with van der Waals surface area (Å²) < 4.78 is 0. The minimum Gasteiger partial charge on any atom is -0.310 e. The molecule has 0 unspecified atom stereocenters. The lowest BCUT2D eigenvalue weighted by Crippen LogP contribution is -2.17. The Morgan fingerprint density at radius 3 is 1.51 bits per heavy atom. The van der Waals surface area contributed by atoms with Crippen molar-refractivity contribution in [2.45, 2.75) is 56.7 Å². The lowest BCUT2D eigenvalue weighted by Gasteiger charge is -2.31. The van der Waals surface area contributed by atoms with E-state index < -0.39 is 0 Å². The van der Waals surface area contributed by atoms with E-state index in [0.717, 1.165) is 17.1 Å². The number of anilines is 3. The highest BCUT2D eigenvalue weighted by Gasteiger charge is 2.36. The maximum Gasteiger partial charge on any atom is 0.0543 e. The molecule has 9 aromatic rings. The molecule has 9 aromatic carbocycles. The second kappa shape index (κ2) is 19.5. The molecule has 0 saturated carbocycles. The molecule has 1 aliphatic rings. The maximum absolute atomic E-state index is 2.47. The molecule has 1 aliphatic carbocycles. The molecule has 10 rings (SSSR count). The number of fused-ring (bicyclic) bond motifs is 3. The van der Waals surface area contributed by atoms with Crippen molar-refractivity contribution in [1.29, 1.82) is 0 Å². The fourth-order valence-electron chi connectivity index (χ4n) is 8.64. The lowest BCUT2D eigenvalue weighted by molar-refractivity contribution is 0.660.